The van der Waals surface area contributed by atoms with E-state index in [1.165, 1.54) is 0 Å². The first-order chi connectivity index (χ1) is 7.06. The Labute approximate surface area is 89.9 Å². The summed E-state index contributed by atoms with van der Waals surface area (Å²) in [5.41, 5.74) is 0.720. The molecule has 0 bridgehead atoms. The number of hydrogen-bond donors (Lipinski definition) is 0. The second kappa shape index (κ2) is 3.54. The van der Waals surface area contributed by atoms with E-state index in [0.717, 1.165) is 16.7 Å². The molecule has 0 unspecified atom stereocenters. The third-order valence-corrected chi connectivity index (χ3v) is 1.97. The van der Waals surface area contributed by atoms with E-state index in [4.69, 9.17) is 4.74 Å². The summed E-state index contributed by atoms with van der Waals surface area (Å²) in [6, 6.07) is 9.70. The summed E-state index contributed by atoms with van der Waals surface area (Å²) in [6.45, 7) is 6.09. The highest BCUT2D eigenvalue weighted by Gasteiger charge is 2.13. The Balaban J connectivity index is 2.52. The van der Waals surface area contributed by atoms with Crippen LogP contribution in [-0.2, 0) is 0 Å². The second-order valence-electron chi connectivity index (χ2n) is 4.48. The van der Waals surface area contributed by atoms with E-state index >= 15 is 0 Å². The number of nitrogens with zero attached hydrogens (tertiary/aromatic N) is 1. The van der Waals surface area contributed by atoms with Gasteiger partial charge < -0.3 is 4.74 Å². The van der Waals surface area contributed by atoms with Gasteiger partial charge in [-0.25, -0.2) is 4.98 Å². The summed E-state index contributed by atoms with van der Waals surface area (Å²) in [5, 5.41) is 1.03. The van der Waals surface area contributed by atoms with Gasteiger partial charge in [-0.1, -0.05) is 12.1 Å². The highest BCUT2D eigenvalue weighted by atomic mass is 16.5. The minimum Gasteiger partial charge on any atom is -0.487 e. The van der Waals surface area contributed by atoms with Crippen molar-refractivity contribution in [1.82, 2.24) is 4.98 Å². The Morgan fingerprint density at radius 2 is 1.93 bits per heavy atom. The number of aromatic nitrogens is 1. The predicted molar refractivity (Wildman–Crippen MR) is 61.0 cm³/mol. The van der Waals surface area contributed by atoms with Crippen molar-refractivity contribution < 1.29 is 4.74 Å². The molecule has 77 valence electrons. The standard InChI is InChI=1S/C13H14NO/c1-13(2,3)15-12-8-9-14-11-7-5-4-6-10(11)12/h4-8H,1-3H3. The average molecular weight is 200 g/mol. The van der Waals surface area contributed by atoms with E-state index < -0.39 is 0 Å². The van der Waals surface area contributed by atoms with Crippen LogP contribution in [0.1, 0.15) is 20.8 Å². The largest absolute Gasteiger partial charge is 0.487 e. The molecule has 0 saturated heterocycles. The van der Waals surface area contributed by atoms with E-state index in [1.807, 2.05) is 45.0 Å². The fourth-order valence-corrected chi connectivity index (χ4v) is 1.43. The van der Waals surface area contributed by atoms with E-state index in [-0.39, 0.29) is 5.60 Å². The molecule has 0 spiro atoms. The van der Waals surface area contributed by atoms with Gasteiger partial charge in [-0.15, -0.1) is 0 Å². The molecule has 0 aliphatic carbocycles. The first-order valence-corrected chi connectivity index (χ1v) is 5.01. The van der Waals surface area contributed by atoms with Crippen molar-refractivity contribution in [3.05, 3.63) is 36.5 Å². The fourth-order valence-electron chi connectivity index (χ4n) is 1.43. The minimum atomic E-state index is -0.196. The van der Waals surface area contributed by atoms with Crippen LogP contribution in [0.15, 0.2) is 30.3 Å². The molecule has 0 aliphatic rings. The van der Waals surface area contributed by atoms with Crippen LogP contribution in [0.4, 0.5) is 0 Å². The zero-order valence-electron chi connectivity index (χ0n) is 9.24. The van der Waals surface area contributed by atoms with Gasteiger partial charge in [-0.05, 0) is 32.9 Å². The van der Waals surface area contributed by atoms with E-state index in [0.29, 0.717) is 0 Å². The zero-order valence-corrected chi connectivity index (χ0v) is 9.24. The number of fused-ring (bicyclic) bond motifs is 1. The molecular formula is C13H14NO. The SMILES string of the molecule is CC(C)(C)Oc1c[c]nc2ccccc12. The minimum absolute atomic E-state index is 0.196. The Hall–Kier alpha value is -1.57. The lowest BCUT2D eigenvalue weighted by Crippen LogP contribution is -2.23. The first-order valence-electron chi connectivity index (χ1n) is 5.01. The monoisotopic (exact) mass is 200 g/mol. The van der Waals surface area contributed by atoms with Crippen LogP contribution in [0.2, 0.25) is 0 Å². The molecule has 1 aromatic heterocycles. The van der Waals surface area contributed by atoms with Crippen molar-refractivity contribution in [2.45, 2.75) is 26.4 Å². The topological polar surface area (TPSA) is 22.1 Å². The summed E-state index contributed by atoms with van der Waals surface area (Å²) < 4.78 is 5.84. The number of ether oxygens (including phenoxy) is 1. The van der Waals surface area contributed by atoms with Crippen molar-refractivity contribution in [3.8, 4) is 5.75 Å². The predicted octanol–water partition coefficient (Wildman–Crippen LogP) is 3.21. The molecule has 1 radical (unpaired) electrons. The molecule has 1 aromatic carbocycles. The van der Waals surface area contributed by atoms with Gasteiger partial charge in [0.2, 0.25) is 0 Å². The van der Waals surface area contributed by atoms with Crippen LogP contribution in [0.5, 0.6) is 5.75 Å². The molecule has 0 saturated carbocycles. The quantitative estimate of drug-likeness (QED) is 0.705. The van der Waals surface area contributed by atoms with Gasteiger partial charge in [-0.2, -0.15) is 0 Å². The number of hydrogen-bond acceptors (Lipinski definition) is 2. The Bertz CT molecular complexity index is 466. The molecular weight excluding hydrogens is 186 g/mol. The number of para-hydroxylation sites is 1. The molecule has 0 aliphatic heterocycles. The second-order valence-corrected chi connectivity index (χ2v) is 4.48. The van der Waals surface area contributed by atoms with Gasteiger partial charge in [0.15, 0.2) is 0 Å². The van der Waals surface area contributed by atoms with Crippen LogP contribution >= 0.6 is 0 Å². The van der Waals surface area contributed by atoms with E-state index in [2.05, 4.69) is 11.2 Å². The van der Waals surface area contributed by atoms with Crippen LogP contribution in [0, 0.1) is 6.20 Å². The summed E-state index contributed by atoms with van der Waals surface area (Å²) in [5.74, 6) is 0.841. The van der Waals surface area contributed by atoms with Crippen molar-refractivity contribution in [1.29, 1.82) is 0 Å². The lowest BCUT2D eigenvalue weighted by Gasteiger charge is -2.22. The summed E-state index contributed by atoms with van der Waals surface area (Å²) >= 11 is 0. The summed E-state index contributed by atoms with van der Waals surface area (Å²) in [4.78, 5) is 4.17. The molecule has 2 nitrogen and oxygen atoms in total. The Morgan fingerprint density at radius 3 is 2.67 bits per heavy atom. The zero-order chi connectivity index (χ0) is 10.9. The van der Waals surface area contributed by atoms with Gasteiger partial charge in [0, 0.05) is 11.5 Å². The third-order valence-electron chi connectivity index (χ3n) is 1.97. The van der Waals surface area contributed by atoms with Gasteiger partial charge in [-0.3, -0.25) is 0 Å². The van der Waals surface area contributed by atoms with Crippen LogP contribution in [0.25, 0.3) is 10.9 Å². The highest BCUT2D eigenvalue weighted by Crippen LogP contribution is 2.26. The lowest BCUT2D eigenvalue weighted by molar-refractivity contribution is 0.133. The molecule has 0 fully saturated rings. The molecule has 1 heterocycles. The average Bonchev–Trinajstić information content (AvgIpc) is 2.16. The van der Waals surface area contributed by atoms with E-state index in [9.17, 15) is 0 Å². The van der Waals surface area contributed by atoms with Gasteiger partial charge in [0.1, 0.15) is 11.4 Å². The van der Waals surface area contributed by atoms with Gasteiger partial charge in [0.05, 0.1) is 11.7 Å². The Kier molecular flexibility index (Phi) is 2.35. The fraction of sp³-hybridized carbons (Fsp3) is 0.308. The number of rotatable bonds is 1. The van der Waals surface area contributed by atoms with Crippen LogP contribution in [0.3, 0.4) is 0 Å². The maximum absolute atomic E-state index is 5.84. The van der Waals surface area contributed by atoms with Crippen molar-refractivity contribution in [2.75, 3.05) is 0 Å². The van der Waals surface area contributed by atoms with Crippen molar-refractivity contribution in [2.24, 2.45) is 0 Å². The van der Waals surface area contributed by atoms with Crippen LogP contribution in [-0.4, -0.2) is 10.6 Å². The normalized spacial score (nSPS) is 11.7. The lowest BCUT2D eigenvalue weighted by atomic mass is 10.1. The molecule has 2 aromatic rings. The van der Waals surface area contributed by atoms with Crippen molar-refractivity contribution >= 4 is 10.9 Å². The van der Waals surface area contributed by atoms with Gasteiger partial charge >= 0.3 is 0 Å². The maximum atomic E-state index is 5.84. The molecule has 2 rings (SSSR count). The van der Waals surface area contributed by atoms with E-state index in [1.54, 1.807) is 6.07 Å². The molecule has 0 atom stereocenters. The Morgan fingerprint density at radius 1 is 1.20 bits per heavy atom. The maximum Gasteiger partial charge on any atom is 0.131 e. The summed E-state index contributed by atoms with van der Waals surface area (Å²) in [7, 11) is 0. The highest BCUT2D eigenvalue weighted by molar-refractivity contribution is 5.84. The van der Waals surface area contributed by atoms with Crippen molar-refractivity contribution in [3.63, 3.8) is 0 Å². The third kappa shape index (κ3) is 2.27. The molecule has 0 amide bonds. The smallest absolute Gasteiger partial charge is 0.131 e. The molecule has 2 heteroatoms. The van der Waals surface area contributed by atoms with Gasteiger partial charge in [0.25, 0.3) is 0 Å². The summed E-state index contributed by atoms with van der Waals surface area (Å²) in [6.07, 6.45) is 2.85. The number of pyridine rings is 1. The van der Waals surface area contributed by atoms with Crippen LogP contribution < -0.4 is 4.74 Å². The number of benzene rings is 1. The molecule has 15 heavy (non-hydrogen) atoms. The first kappa shape index (κ1) is 9.97. The molecule has 0 N–H and O–H groups in total.